The highest BCUT2D eigenvalue weighted by molar-refractivity contribution is 5.93. The third-order valence-corrected chi connectivity index (χ3v) is 3.28. The fourth-order valence-electron chi connectivity index (χ4n) is 2.15. The van der Waals surface area contributed by atoms with Gasteiger partial charge in [-0.3, -0.25) is 9.63 Å². The van der Waals surface area contributed by atoms with Crippen molar-refractivity contribution in [3.63, 3.8) is 0 Å². The van der Waals surface area contributed by atoms with Gasteiger partial charge in [0.1, 0.15) is 0 Å². The Bertz CT molecular complexity index is 825. The van der Waals surface area contributed by atoms with Crippen LogP contribution in [0.5, 0.6) is 0 Å². The molecule has 3 rings (SSSR count). The number of aromatic nitrogens is 2. The molecule has 1 heterocycles. The van der Waals surface area contributed by atoms with Gasteiger partial charge in [0.05, 0.1) is 7.11 Å². The molecule has 6 nitrogen and oxygen atoms in total. The fourth-order valence-corrected chi connectivity index (χ4v) is 2.15. The Hall–Kier alpha value is -2.99. The van der Waals surface area contributed by atoms with Crippen LogP contribution in [0.15, 0.2) is 52.9 Å². The molecule has 1 N–H and O–H groups in total. The third kappa shape index (κ3) is 3.27. The molecule has 0 aliphatic carbocycles. The Morgan fingerprint density at radius 2 is 1.74 bits per heavy atom. The van der Waals surface area contributed by atoms with Crippen LogP contribution in [0, 0.1) is 6.92 Å². The molecule has 1 aromatic heterocycles. The molecule has 2 aromatic carbocycles. The summed E-state index contributed by atoms with van der Waals surface area (Å²) in [7, 11) is 1.39. The molecule has 23 heavy (non-hydrogen) atoms. The SMILES string of the molecule is CONC(=O)c1ccc(-c2nnc(-c3cccc(C)c3)o2)cc1. The molecular formula is C17H15N3O3. The van der Waals surface area contributed by atoms with E-state index < -0.39 is 0 Å². The topological polar surface area (TPSA) is 77.2 Å². The van der Waals surface area contributed by atoms with E-state index in [0.717, 1.165) is 16.7 Å². The number of hydrogen-bond acceptors (Lipinski definition) is 5. The first-order chi connectivity index (χ1) is 11.2. The zero-order chi connectivity index (χ0) is 16.2. The van der Waals surface area contributed by atoms with Gasteiger partial charge in [0.25, 0.3) is 5.91 Å². The molecule has 0 atom stereocenters. The van der Waals surface area contributed by atoms with E-state index in [4.69, 9.17) is 4.42 Å². The number of hydrogen-bond donors (Lipinski definition) is 1. The molecule has 1 amide bonds. The molecule has 0 spiro atoms. The minimum atomic E-state index is -0.315. The van der Waals surface area contributed by atoms with Gasteiger partial charge in [-0.2, -0.15) is 0 Å². The van der Waals surface area contributed by atoms with E-state index in [9.17, 15) is 4.79 Å². The Balaban J connectivity index is 1.84. The molecule has 3 aromatic rings. The van der Waals surface area contributed by atoms with Crippen LogP contribution in [0.4, 0.5) is 0 Å². The van der Waals surface area contributed by atoms with Gasteiger partial charge in [-0.15, -0.1) is 10.2 Å². The van der Waals surface area contributed by atoms with Crippen LogP contribution in [0.1, 0.15) is 15.9 Å². The number of carbonyl (C=O) groups is 1. The summed E-state index contributed by atoms with van der Waals surface area (Å²) in [5, 5.41) is 8.14. The zero-order valence-electron chi connectivity index (χ0n) is 12.7. The van der Waals surface area contributed by atoms with Crippen LogP contribution in [0.2, 0.25) is 0 Å². The summed E-state index contributed by atoms with van der Waals surface area (Å²) in [6.45, 7) is 2.00. The molecular weight excluding hydrogens is 294 g/mol. The fraction of sp³-hybridized carbons (Fsp3) is 0.118. The van der Waals surface area contributed by atoms with Crippen molar-refractivity contribution in [3.05, 3.63) is 59.7 Å². The predicted octanol–water partition coefficient (Wildman–Crippen LogP) is 3.00. The molecule has 0 unspecified atom stereocenters. The number of carbonyl (C=O) groups excluding carboxylic acids is 1. The Kier molecular flexibility index (Phi) is 4.16. The van der Waals surface area contributed by atoms with Crippen LogP contribution in [0.25, 0.3) is 22.9 Å². The minimum Gasteiger partial charge on any atom is -0.416 e. The number of hydroxylamine groups is 1. The number of aryl methyl sites for hydroxylation is 1. The second-order valence-electron chi connectivity index (χ2n) is 4.99. The van der Waals surface area contributed by atoms with Gasteiger partial charge in [0.15, 0.2) is 0 Å². The van der Waals surface area contributed by atoms with Crippen LogP contribution in [-0.4, -0.2) is 23.2 Å². The summed E-state index contributed by atoms with van der Waals surface area (Å²) in [5.41, 5.74) is 5.48. The highest BCUT2D eigenvalue weighted by Gasteiger charge is 2.11. The van der Waals surface area contributed by atoms with Crippen molar-refractivity contribution in [2.75, 3.05) is 7.11 Å². The summed E-state index contributed by atoms with van der Waals surface area (Å²) < 4.78 is 5.71. The minimum absolute atomic E-state index is 0.315. The van der Waals surface area contributed by atoms with E-state index in [0.29, 0.717) is 17.3 Å². The monoisotopic (exact) mass is 309 g/mol. The Morgan fingerprint density at radius 1 is 1.04 bits per heavy atom. The van der Waals surface area contributed by atoms with E-state index in [2.05, 4.69) is 20.5 Å². The highest BCUT2D eigenvalue weighted by atomic mass is 16.6. The van der Waals surface area contributed by atoms with Gasteiger partial charge in [0, 0.05) is 16.7 Å². The Morgan fingerprint density at radius 3 is 2.39 bits per heavy atom. The summed E-state index contributed by atoms with van der Waals surface area (Å²) in [6.07, 6.45) is 0. The van der Waals surface area contributed by atoms with Gasteiger partial charge in [0.2, 0.25) is 11.8 Å². The van der Waals surface area contributed by atoms with Crippen LogP contribution in [0.3, 0.4) is 0 Å². The molecule has 0 aliphatic heterocycles. The van der Waals surface area contributed by atoms with Gasteiger partial charge in [-0.05, 0) is 43.3 Å². The third-order valence-electron chi connectivity index (χ3n) is 3.28. The quantitative estimate of drug-likeness (QED) is 0.750. The van der Waals surface area contributed by atoms with E-state index in [1.165, 1.54) is 7.11 Å². The lowest BCUT2D eigenvalue weighted by molar-refractivity contribution is 0.0537. The lowest BCUT2D eigenvalue weighted by atomic mass is 10.1. The standard InChI is InChI=1S/C17H15N3O3/c1-11-4-3-5-14(10-11)17-19-18-16(23-17)13-8-6-12(7-9-13)15(21)20-22-2/h3-10H,1-2H3,(H,20,21). The van der Waals surface area contributed by atoms with Crippen LogP contribution in [-0.2, 0) is 4.84 Å². The molecule has 0 radical (unpaired) electrons. The first-order valence-electron chi connectivity index (χ1n) is 7.01. The maximum atomic E-state index is 11.6. The molecule has 116 valence electrons. The van der Waals surface area contributed by atoms with Crippen molar-refractivity contribution in [2.24, 2.45) is 0 Å². The number of nitrogens with one attached hydrogen (secondary N) is 1. The number of amides is 1. The van der Waals surface area contributed by atoms with E-state index in [1.807, 2.05) is 31.2 Å². The second kappa shape index (κ2) is 6.41. The lowest BCUT2D eigenvalue weighted by Crippen LogP contribution is -2.21. The second-order valence-corrected chi connectivity index (χ2v) is 4.99. The molecule has 0 saturated carbocycles. The van der Waals surface area contributed by atoms with E-state index in [1.54, 1.807) is 24.3 Å². The van der Waals surface area contributed by atoms with Gasteiger partial charge < -0.3 is 4.42 Å². The lowest BCUT2D eigenvalue weighted by Gasteiger charge is -2.02. The van der Waals surface area contributed by atoms with Crippen molar-refractivity contribution in [3.8, 4) is 22.9 Å². The van der Waals surface area contributed by atoms with Crippen molar-refractivity contribution in [1.82, 2.24) is 15.7 Å². The van der Waals surface area contributed by atoms with Crippen molar-refractivity contribution < 1.29 is 14.0 Å². The van der Waals surface area contributed by atoms with E-state index >= 15 is 0 Å². The van der Waals surface area contributed by atoms with Gasteiger partial charge in [-0.1, -0.05) is 17.7 Å². The summed E-state index contributed by atoms with van der Waals surface area (Å²) in [5.74, 6) is 0.551. The van der Waals surface area contributed by atoms with Crippen molar-refractivity contribution >= 4 is 5.91 Å². The predicted molar refractivity (Wildman–Crippen MR) is 84.4 cm³/mol. The Labute approximate surface area is 133 Å². The average Bonchev–Trinajstić information content (AvgIpc) is 3.05. The number of benzene rings is 2. The first kappa shape index (κ1) is 14.9. The maximum Gasteiger partial charge on any atom is 0.274 e. The largest absolute Gasteiger partial charge is 0.416 e. The van der Waals surface area contributed by atoms with Crippen molar-refractivity contribution in [1.29, 1.82) is 0 Å². The van der Waals surface area contributed by atoms with Crippen LogP contribution < -0.4 is 5.48 Å². The smallest absolute Gasteiger partial charge is 0.274 e. The molecule has 0 saturated heterocycles. The molecule has 6 heteroatoms. The normalized spacial score (nSPS) is 10.5. The average molecular weight is 309 g/mol. The molecule has 0 bridgehead atoms. The molecule has 0 fully saturated rings. The van der Waals surface area contributed by atoms with Crippen molar-refractivity contribution in [2.45, 2.75) is 6.92 Å². The molecule has 0 aliphatic rings. The number of rotatable bonds is 4. The number of nitrogens with zero attached hydrogens (tertiary/aromatic N) is 2. The van der Waals surface area contributed by atoms with E-state index in [-0.39, 0.29) is 5.91 Å². The summed E-state index contributed by atoms with van der Waals surface area (Å²) in [6, 6.07) is 14.7. The zero-order valence-corrected chi connectivity index (χ0v) is 12.7. The summed E-state index contributed by atoms with van der Waals surface area (Å²) >= 11 is 0. The maximum absolute atomic E-state index is 11.6. The van der Waals surface area contributed by atoms with Gasteiger partial charge >= 0.3 is 0 Å². The van der Waals surface area contributed by atoms with Gasteiger partial charge in [-0.25, -0.2) is 5.48 Å². The first-order valence-corrected chi connectivity index (χ1v) is 7.01. The van der Waals surface area contributed by atoms with Crippen LogP contribution >= 0.6 is 0 Å². The highest BCUT2D eigenvalue weighted by Crippen LogP contribution is 2.24. The summed E-state index contributed by atoms with van der Waals surface area (Å²) in [4.78, 5) is 16.2.